The molecule has 0 aliphatic carbocycles. The molecule has 3 N–H and O–H groups in total. The molecule has 3 heterocycles. The molecule has 7 nitrogen and oxygen atoms in total. The van der Waals surface area contributed by atoms with Gasteiger partial charge >= 0.3 is 0 Å². The smallest absolute Gasteiger partial charge is 0.170 e. The third-order valence-corrected chi connectivity index (χ3v) is 6.77. The zero-order chi connectivity index (χ0) is 21.1. The maximum absolute atomic E-state index is 13.4. The number of aliphatic hydroxyl groups excluding tert-OH is 1. The number of rotatable bonds is 7. The van der Waals surface area contributed by atoms with Gasteiger partial charge in [-0.25, -0.2) is 4.39 Å². The summed E-state index contributed by atoms with van der Waals surface area (Å²) in [4.78, 5) is 4.37. The minimum Gasteiger partial charge on any atom is -0.384 e. The standard InChI is InChI=1S/C22H33FN4O3/c1-2-27(21(28)22(29)8-3-9-24-15-22)13-12-26-10-6-16(7-11-26)20-18-5-4-17(23)14-19(18)30-25-20/h4-5,14,16,21,24,28-29H,2-3,6-13,15H2,1H3. The second-order valence-corrected chi connectivity index (χ2v) is 8.71. The highest BCUT2D eigenvalue weighted by Crippen LogP contribution is 2.32. The Bertz CT molecular complexity index is 831. The number of aromatic nitrogens is 1. The molecule has 2 aliphatic rings. The number of halogens is 1. The average molecular weight is 421 g/mol. The van der Waals surface area contributed by atoms with Crippen LogP contribution in [0.25, 0.3) is 11.0 Å². The SMILES string of the molecule is CCN(CCN1CCC(c2noc3cc(F)ccc23)CC1)C(O)C1(O)CCCNC1. The lowest BCUT2D eigenvalue weighted by Gasteiger charge is -2.42. The molecule has 0 bridgehead atoms. The Kier molecular flexibility index (Phi) is 6.69. The van der Waals surface area contributed by atoms with Crippen LogP contribution in [-0.4, -0.2) is 82.8 Å². The van der Waals surface area contributed by atoms with Crippen molar-refractivity contribution in [1.29, 1.82) is 0 Å². The number of piperidine rings is 2. The number of likely N-dealkylation sites (tertiary alicyclic amines) is 1. The van der Waals surface area contributed by atoms with Crippen LogP contribution in [0, 0.1) is 5.82 Å². The van der Waals surface area contributed by atoms with E-state index in [4.69, 9.17) is 4.52 Å². The zero-order valence-corrected chi connectivity index (χ0v) is 17.7. The van der Waals surface area contributed by atoms with Crippen LogP contribution in [0.3, 0.4) is 0 Å². The van der Waals surface area contributed by atoms with E-state index < -0.39 is 11.8 Å². The molecule has 0 amide bonds. The Morgan fingerprint density at radius 2 is 2.20 bits per heavy atom. The second kappa shape index (κ2) is 9.28. The summed E-state index contributed by atoms with van der Waals surface area (Å²) >= 11 is 0. The third-order valence-electron chi connectivity index (χ3n) is 6.77. The summed E-state index contributed by atoms with van der Waals surface area (Å²) in [6, 6.07) is 4.61. The van der Waals surface area contributed by atoms with E-state index in [1.165, 1.54) is 12.1 Å². The van der Waals surface area contributed by atoms with Gasteiger partial charge in [0.2, 0.25) is 0 Å². The predicted molar refractivity (Wildman–Crippen MR) is 113 cm³/mol. The summed E-state index contributed by atoms with van der Waals surface area (Å²) in [6.45, 7) is 7.51. The molecule has 2 fully saturated rings. The first-order valence-corrected chi connectivity index (χ1v) is 11.1. The number of hydrogen-bond donors (Lipinski definition) is 3. The van der Waals surface area contributed by atoms with Crippen LogP contribution < -0.4 is 5.32 Å². The van der Waals surface area contributed by atoms with Gasteiger partial charge in [-0.15, -0.1) is 0 Å². The first-order valence-electron chi connectivity index (χ1n) is 11.1. The van der Waals surface area contributed by atoms with Crippen molar-refractivity contribution in [3.05, 3.63) is 29.7 Å². The largest absolute Gasteiger partial charge is 0.384 e. The Labute approximate surface area is 176 Å². The fourth-order valence-electron chi connectivity index (χ4n) is 4.85. The summed E-state index contributed by atoms with van der Waals surface area (Å²) in [5.41, 5.74) is 0.367. The molecule has 2 saturated heterocycles. The van der Waals surface area contributed by atoms with Crippen LogP contribution in [-0.2, 0) is 0 Å². The van der Waals surface area contributed by atoms with Crippen molar-refractivity contribution in [3.63, 3.8) is 0 Å². The van der Waals surface area contributed by atoms with E-state index in [1.807, 2.05) is 11.8 Å². The summed E-state index contributed by atoms with van der Waals surface area (Å²) in [5, 5.41) is 29.9. The second-order valence-electron chi connectivity index (χ2n) is 8.71. The van der Waals surface area contributed by atoms with Gasteiger partial charge in [0.1, 0.15) is 17.6 Å². The van der Waals surface area contributed by atoms with Crippen molar-refractivity contribution in [1.82, 2.24) is 20.3 Å². The van der Waals surface area contributed by atoms with Gasteiger partial charge in [-0.1, -0.05) is 12.1 Å². The average Bonchev–Trinajstić information content (AvgIpc) is 3.18. The van der Waals surface area contributed by atoms with Crippen molar-refractivity contribution in [2.75, 3.05) is 45.8 Å². The molecule has 166 valence electrons. The Morgan fingerprint density at radius 1 is 1.40 bits per heavy atom. The fraction of sp³-hybridized carbons (Fsp3) is 0.682. The maximum atomic E-state index is 13.4. The van der Waals surface area contributed by atoms with E-state index >= 15 is 0 Å². The monoisotopic (exact) mass is 420 g/mol. The molecule has 1 aromatic heterocycles. The van der Waals surface area contributed by atoms with Gasteiger partial charge in [-0.05, 0) is 64.0 Å². The molecule has 0 spiro atoms. The summed E-state index contributed by atoms with van der Waals surface area (Å²) < 4.78 is 18.7. The van der Waals surface area contributed by atoms with Crippen LogP contribution in [0.4, 0.5) is 4.39 Å². The van der Waals surface area contributed by atoms with Crippen LogP contribution in [0.2, 0.25) is 0 Å². The van der Waals surface area contributed by atoms with Crippen LogP contribution in [0.1, 0.15) is 44.2 Å². The van der Waals surface area contributed by atoms with Crippen molar-refractivity contribution in [2.45, 2.75) is 50.4 Å². The van der Waals surface area contributed by atoms with Gasteiger partial charge in [0.05, 0.1) is 5.69 Å². The maximum Gasteiger partial charge on any atom is 0.170 e. The predicted octanol–water partition coefficient (Wildman–Crippen LogP) is 1.90. The molecule has 0 radical (unpaired) electrons. The van der Waals surface area contributed by atoms with Crippen molar-refractivity contribution < 1.29 is 19.1 Å². The lowest BCUT2D eigenvalue weighted by molar-refractivity contribution is -0.157. The van der Waals surface area contributed by atoms with Gasteiger partial charge in [-0.2, -0.15) is 0 Å². The summed E-state index contributed by atoms with van der Waals surface area (Å²) in [5.74, 6) is 0.00575. The highest BCUT2D eigenvalue weighted by Gasteiger charge is 2.40. The van der Waals surface area contributed by atoms with E-state index in [-0.39, 0.29) is 5.82 Å². The molecule has 2 atom stereocenters. The summed E-state index contributed by atoms with van der Waals surface area (Å²) in [6.07, 6.45) is 2.60. The van der Waals surface area contributed by atoms with Crippen molar-refractivity contribution in [3.8, 4) is 0 Å². The molecule has 2 aliphatic heterocycles. The van der Waals surface area contributed by atoms with E-state index in [1.54, 1.807) is 6.07 Å². The number of β-amino-alcohol motifs (C(OH)–C–C–N with tert-alkyl or cyclic N) is 1. The number of hydrogen-bond acceptors (Lipinski definition) is 7. The van der Waals surface area contributed by atoms with E-state index in [0.717, 1.165) is 63.1 Å². The van der Waals surface area contributed by atoms with Gasteiger partial charge in [0, 0.05) is 37.0 Å². The van der Waals surface area contributed by atoms with Gasteiger partial charge in [0.15, 0.2) is 5.58 Å². The minimum atomic E-state index is -1.07. The number of fused-ring (bicyclic) bond motifs is 1. The molecule has 2 aromatic rings. The molecular weight excluding hydrogens is 387 g/mol. The van der Waals surface area contributed by atoms with Crippen LogP contribution in [0.15, 0.2) is 22.7 Å². The molecule has 2 unspecified atom stereocenters. The van der Waals surface area contributed by atoms with Crippen molar-refractivity contribution in [2.24, 2.45) is 0 Å². The summed E-state index contributed by atoms with van der Waals surface area (Å²) in [7, 11) is 0. The highest BCUT2D eigenvalue weighted by molar-refractivity contribution is 5.79. The molecular formula is C22H33FN4O3. The zero-order valence-electron chi connectivity index (χ0n) is 17.7. The molecule has 1 aromatic carbocycles. The van der Waals surface area contributed by atoms with E-state index in [9.17, 15) is 14.6 Å². The molecule has 0 saturated carbocycles. The first kappa shape index (κ1) is 21.6. The highest BCUT2D eigenvalue weighted by atomic mass is 19.1. The van der Waals surface area contributed by atoms with Gasteiger partial charge in [0.25, 0.3) is 0 Å². The van der Waals surface area contributed by atoms with Gasteiger partial charge < -0.3 is 25.0 Å². The number of likely N-dealkylation sites (N-methyl/N-ethyl adjacent to an activating group) is 1. The fourth-order valence-corrected chi connectivity index (χ4v) is 4.85. The number of benzene rings is 1. The lowest BCUT2D eigenvalue weighted by atomic mass is 9.91. The van der Waals surface area contributed by atoms with Gasteiger partial charge in [-0.3, -0.25) is 4.90 Å². The Hall–Kier alpha value is -1.58. The van der Waals surface area contributed by atoms with E-state index in [2.05, 4.69) is 15.4 Å². The lowest BCUT2D eigenvalue weighted by Crippen LogP contribution is -2.60. The normalized spacial score (nSPS) is 25.2. The molecule has 4 rings (SSSR count). The topological polar surface area (TPSA) is 85.0 Å². The van der Waals surface area contributed by atoms with Crippen molar-refractivity contribution >= 4 is 11.0 Å². The van der Waals surface area contributed by atoms with Crippen LogP contribution in [0.5, 0.6) is 0 Å². The minimum absolute atomic E-state index is 0.309. The number of nitrogens with zero attached hydrogens (tertiary/aromatic N) is 3. The van der Waals surface area contributed by atoms with Crippen LogP contribution >= 0.6 is 0 Å². The number of nitrogens with one attached hydrogen (secondary N) is 1. The number of aliphatic hydroxyl groups is 2. The Morgan fingerprint density at radius 3 is 2.90 bits per heavy atom. The van der Waals surface area contributed by atoms with E-state index in [0.29, 0.717) is 31.0 Å². The first-order chi connectivity index (χ1) is 14.5. The third kappa shape index (κ3) is 4.53. The molecule has 8 heteroatoms. The molecule has 30 heavy (non-hydrogen) atoms. The Balaban J connectivity index is 1.30. The quantitative estimate of drug-likeness (QED) is 0.590.